The van der Waals surface area contributed by atoms with E-state index in [1.54, 1.807) is 18.3 Å². The van der Waals surface area contributed by atoms with Gasteiger partial charge in [0.15, 0.2) is 17.0 Å². The van der Waals surface area contributed by atoms with Crippen LogP contribution in [0.5, 0.6) is 0 Å². The molecule has 1 aromatic carbocycles. The molecule has 0 saturated heterocycles. The average molecular weight is 496 g/mol. The van der Waals surface area contributed by atoms with Gasteiger partial charge in [-0.25, -0.2) is 14.8 Å². The molecule has 0 fully saturated rings. The number of aliphatic carboxylic acids is 2. The van der Waals surface area contributed by atoms with Crippen LogP contribution in [0.25, 0.3) is 11.2 Å². The Morgan fingerprint density at radius 2 is 1.72 bits per heavy atom. The summed E-state index contributed by atoms with van der Waals surface area (Å²) in [6.45, 7) is 4.22. The highest BCUT2D eigenvalue weighted by atomic mass is 16.4. The molecule has 190 valence electrons. The minimum atomic E-state index is -1.29. The zero-order valence-electron chi connectivity index (χ0n) is 20.0. The van der Waals surface area contributed by atoms with Crippen molar-refractivity contribution in [1.82, 2.24) is 25.3 Å². The molecule has 0 saturated carbocycles. The zero-order valence-corrected chi connectivity index (χ0v) is 20.0. The molecule has 0 aliphatic rings. The molecule has 36 heavy (non-hydrogen) atoms. The zero-order chi connectivity index (χ0) is 26.4. The number of carboxylic acids is 2. The fourth-order valence-corrected chi connectivity index (χ4v) is 3.91. The van der Waals surface area contributed by atoms with Crippen molar-refractivity contribution < 1.29 is 24.6 Å². The quantitative estimate of drug-likeness (QED) is 0.260. The smallest absolute Gasteiger partial charge is 0.326 e. The van der Waals surface area contributed by atoms with Gasteiger partial charge in [0.25, 0.3) is 5.91 Å². The number of hydrogen-bond donors (Lipinski definition) is 5. The van der Waals surface area contributed by atoms with E-state index in [0.29, 0.717) is 29.2 Å². The number of amides is 1. The Balaban J connectivity index is 1.78. The largest absolute Gasteiger partial charge is 0.481 e. The van der Waals surface area contributed by atoms with Crippen molar-refractivity contribution in [3.63, 3.8) is 0 Å². The Morgan fingerprint density at radius 1 is 1.03 bits per heavy atom. The fourth-order valence-electron chi connectivity index (χ4n) is 3.91. The number of anilines is 2. The van der Waals surface area contributed by atoms with Gasteiger partial charge in [-0.15, -0.1) is 0 Å². The minimum Gasteiger partial charge on any atom is -0.481 e. The fraction of sp³-hybridized carbons (Fsp3) is 0.375. The summed E-state index contributed by atoms with van der Waals surface area (Å²) in [4.78, 5) is 51.6. The Morgan fingerprint density at radius 3 is 2.33 bits per heavy atom. The maximum absolute atomic E-state index is 12.6. The second kappa shape index (κ2) is 11.4. The minimum absolute atomic E-state index is 0.0282. The van der Waals surface area contributed by atoms with Gasteiger partial charge in [0, 0.05) is 12.0 Å². The predicted molar refractivity (Wildman–Crippen MR) is 132 cm³/mol. The van der Waals surface area contributed by atoms with Crippen molar-refractivity contribution in [1.29, 1.82) is 0 Å². The van der Waals surface area contributed by atoms with Crippen LogP contribution >= 0.6 is 0 Å². The standard InChI is InChI=1S/C24H29N7O5/c1-12(2)9-15(10-16-11-27-21-19(28-16)20(25)30-24(26)31-21)13-3-5-14(6-4-13)22(34)29-17(23(35)36)7-8-18(32)33/h3-6,11-12,15,17H,7-10H2,1-2H3,(H,29,34)(H,32,33)(H,35,36)(H4,25,26,27,30,31)/t15?,17-/m0/s1. The first-order valence-corrected chi connectivity index (χ1v) is 11.4. The summed E-state index contributed by atoms with van der Waals surface area (Å²) in [7, 11) is 0. The van der Waals surface area contributed by atoms with Gasteiger partial charge in [0.05, 0.1) is 11.9 Å². The Kier molecular flexibility index (Phi) is 8.30. The van der Waals surface area contributed by atoms with Crippen LogP contribution in [-0.2, 0) is 16.0 Å². The highest BCUT2D eigenvalue weighted by molar-refractivity contribution is 5.96. The summed E-state index contributed by atoms with van der Waals surface area (Å²) >= 11 is 0. The lowest BCUT2D eigenvalue weighted by Gasteiger charge is -2.20. The van der Waals surface area contributed by atoms with Crippen molar-refractivity contribution in [2.45, 2.75) is 51.5 Å². The van der Waals surface area contributed by atoms with Gasteiger partial charge in [-0.3, -0.25) is 9.59 Å². The molecule has 12 heteroatoms. The average Bonchev–Trinajstić information content (AvgIpc) is 2.81. The molecule has 0 spiro atoms. The molecule has 12 nitrogen and oxygen atoms in total. The summed E-state index contributed by atoms with van der Waals surface area (Å²) < 4.78 is 0. The van der Waals surface area contributed by atoms with Crippen molar-refractivity contribution in [3.8, 4) is 0 Å². The van der Waals surface area contributed by atoms with Crippen LogP contribution in [0.1, 0.15) is 60.6 Å². The number of nitrogens with one attached hydrogen (secondary N) is 1. The van der Waals surface area contributed by atoms with Gasteiger partial charge in [0.2, 0.25) is 5.95 Å². The number of nitrogens with zero attached hydrogens (tertiary/aromatic N) is 4. The Hall–Kier alpha value is -4.35. The van der Waals surface area contributed by atoms with E-state index in [0.717, 1.165) is 12.0 Å². The van der Waals surface area contributed by atoms with E-state index >= 15 is 0 Å². The molecule has 2 heterocycles. The van der Waals surface area contributed by atoms with E-state index in [-0.39, 0.29) is 36.1 Å². The number of carbonyl (C=O) groups is 3. The molecule has 0 radical (unpaired) electrons. The molecule has 1 unspecified atom stereocenters. The van der Waals surface area contributed by atoms with Crippen LogP contribution in [0.3, 0.4) is 0 Å². The van der Waals surface area contributed by atoms with E-state index in [4.69, 9.17) is 16.6 Å². The number of nitrogens with two attached hydrogens (primary N) is 2. The number of aromatic nitrogens is 4. The molecular weight excluding hydrogens is 466 g/mol. The van der Waals surface area contributed by atoms with Gasteiger partial charge in [0.1, 0.15) is 6.04 Å². The van der Waals surface area contributed by atoms with Gasteiger partial charge >= 0.3 is 11.9 Å². The molecule has 7 N–H and O–H groups in total. The molecule has 2 aromatic heterocycles. The summed E-state index contributed by atoms with van der Waals surface area (Å²) in [6.07, 6.45) is 2.46. The van der Waals surface area contributed by atoms with E-state index in [1.807, 2.05) is 12.1 Å². The number of benzene rings is 1. The van der Waals surface area contributed by atoms with Crippen LogP contribution in [-0.4, -0.2) is 54.0 Å². The van der Waals surface area contributed by atoms with E-state index in [1.165, 1.54) is 0 Å². The second-order valence-electron chi connectivity index (χ2n) is 8.95. The lowest BCUT2D eigenvalue weighted by Crippen LogP contribution is -2.41. The van der Waals surface area contributed by atoms with E-state index < -0.39 is 23.9 Å². The van der Waals surface area contributed by atoms with Gasteiger partial charge in [-0.1, -0.05) is 26.0 Å². The normalized spacial score (nSPS) is 12.9. The molecule has 0 aliphatic heterocycles. The first-order valence-electron chi connectivity index (χ1n) is 11.4. The Bertz CT molecular complexity index is 1260. The van der Waals surface area contributed by atoms with Crippen molar-refractivity contribution in [2.24, 2.45) is 5.92 Å². The number of nitrogen functional groups attached to an aromatic ring is 2. The van der Waals surface area contributed by atoms with Crippen LogP contribution < -0.4 is 16.8 Å². The summed E-state index contributed by atoms with van der Waals surface area (Å²) in [6, 6.07) is 5.59. The highest BCUT2D eigenvalue weighted by Crippen LogP contribution is 2.28. The molecule has 2 atom stereocenters. The highest BCUT2D eigenvalue weighted by Gasteiger charge is 2.22. The third kappa shape index (κ3) is 6.84. The first kappa shape index (κ1) is 26.3. The lowest BCUT2D eigenvalue weighted by molar-refractivity contribution is -0.140. The Labute approximate surface area is 207 Å². The molecule has 1 amide bonds. The van der Waals surface area contributed by atoms with Crippen LogP contribution in [0.15, 0.2) is 30.5 Å². The SMILES string of the molecule is CC(C)CC(Cc1cnc2nc(N)nc(N)c2n1)c1ccc(C(=O)N[C@@H](CCC(=O)O)C(=O)O)cc1. The van der Waals surface area contributed by atoms with Gasteiger partial charge < -0.3 is 27.0 Å². The molecule has 3 aromatic rings. The molecule has 3 rings (SSSR count). The van der Waals surface area contributed by atoms with Gasteiger partial charge in [-0.2, -0.15) is 9.97 Å². The maximum atomic E-state index is 12.6. The third-order valence-corrected chi connectivity index (χ3v) is 5.61. The van der Waals surface area contributed by atoms with Crippen molar-refractivity contribution >= 4 is 40.8 Å². The monoisotopic (exact) mass is 495 g/mol. The second-order valence-corrected chi connectivity index (χ2v) is 8.95. The van der Waals surface area contributed by atoms with Gasteiger partial charge in [-0.05, 0) is 48.8 Å². The van der Waals surface area contributed by atoms with Crippen LogP contribution in [0, 0.1) is 5.92 Å². The van der Waals surface area contributed by atoms with Crippen LogP contribution in [0.2, 0.25) is 0 Å². The summed E-state index contributed by atoms with van der Waals surface area (Å²) in [5, 5.41) is 20.5. The van der Waals surface area contributed by atoms with Crippen molar-refractivity contribution in [3.05, 3.63) is 47.3 Å². The maximum Gasteiger partial charge on any atom is 0.326 e. The summed E-state index contributed by atoms with van der Waals surface area (Å²) in [5.74, 6) is -2.38. The topological polar surface area (TPSA) is 207 Å². The van der Waals surface area contributed by atoms with Crippen molar-refractivity contribution in [2.75, 3.05) is 11.5 Å². The molecule has 0 bridgehead atoms. The molecular formula is C24H29N7O5. The number of hydrogen-bond acceptors (Lipinski definition) is 9. The van der Waals surface area contributed by atoms with Crippen LogP contribution in [0.4, 0.5) is 11.8 Å². The summed E-state index contributed by atoms with van der Waals surface area (Å²) in [5.41, 5.74) is 14.2. The number of carboxylic acid groups (broad SMARTS) is 2. The molecule has 0 aliphatic carbocycles. The number of carbonyl (C=O) groups excluding carboxylic acids is 1. The third-order valence-electron chi connectivity index (χ3n) is 5.61. The number of fused-ring (bicyclic) bond motifs is 1. The predicted octanol–water partition coefficient (Wildman–Crippen LogP) is 2.00. The number of rotatable bonds is 11. The first-order chi connectivity index (χ1) is 17.0. The van der Waals surface area contributed by atoms with E-state index in [9.17, 15) is 19.5 Å². The van der Waals surface area contributed by atoms with E-state index in [2.05, 4.69) is 39.1 Å². The lowest BCUT2D eigenvalue weighted by atomic mass is 9.86.